The first-order valence-corrected chi connectivity index (χ1v) is 14.4. The van der Waals surface area contributed by atoms with E-state index in [1.54, 1.807) is 31.7 Å². The molecule has 0 spiro atoms. The van der Waals surface area contributed by atoms with Gasteiger partial charge in [0.15, 0.2) is 11.5 Å². The second kappa shape index (κ2) is 10.5. The summed E-state index contributed by atoms with van der Waals surface area (Å²) in [5.74, 6) is 0.223. The number of benzene rings is 2. The van der Waals surface area contributed by atoms with Crippen LogP contribution in [0.5, 0.6) is 11.5 Å². The van der Waals surface area contributed by atoms with Gasteiger partial charge in [0, 0.05) is 38.8 Å². The number of amides is 2. The van der Waals surface area contributed by atoms with Crippen LogP contribution in [0, 0.1) is 0 Å². The van der Waals surface area contributed by atoms with E-state index in [0.717, 1.165) is 16.7 Å². The summed E-state index contributed by atoms with van der Waals surface area (Å²) in [5.41, 5.74) is 1.99. The summed E-state index contributed by atoms with van der Waals surface area (Å²) < 4.78 is 44.6. The van der Waals surface area contributed by atoms with Crippen LogP contribution < -0.4 is 14.8 Å². The molecular weight excluding hydrogens is 522 g/mol. The average Bonchev–Trinajstić information content (AvgIpc) is 3.48. The molecule has 1 atom stereocenters. The molecule has 0 bridgehead atoms. The lowest BCUT2D eigenvalue weighted by molar-refractivity contribution is -0.131. The van der Waals surface area contributed by atoms with E-state index in [1.165, 1.54) is 16.4 Å². The van der Waals surface area contributed by atoms with Crippen molar-refractivity contribution in [3.05, 3.63) is 65.2 Å². The van der Waals surface area contributed by atoms with Crippen molar-refractivity contribution in [2.75, 3.05) is 45.9 Å². The predicted molar refractivity (Wildman–Crippen MR) is 143 cm³/mol. The largest absolute Gasteiger partial charge is 0.486 e. The SMILES string of the molecule is CC(C)(C)OC(=O)NC[C@@H](C(=O)N1CC2=C(C1)CN(S(=O)(=O)c1ccc3c(c1)OCCO3)C2)c1ccccc1. The van der Waals surface area contributed by atoms with E-state index < -0.39 is 27.6 Å². The Kier molecular flexibility index (Phi) is 7.30. The zero-order valence-electron chi connectivity index (χ0n) is 22.3. The third-order valence-electron chi connectivity index (χ3n) is 6.81. The highest BCUT2D eigenvalue weighted by molar-refractivity contribution is 7.89. The number of carbonyl (C=O) groups excluding carboxylic acids is 2. The first-order chi connectivity index (χ1) is 18.5. The van der Waals surface area contributed by atoms with Crippen LogP contribution in [0.15, 0.2) is 64.6 Å². The van der Waals surface area contributed by atoms with Crippen molar-refractivity contribution in [3.63, 3.8) is 0 Å². The summed E-state index contributed by atoms with van der Waals surface area (Å²) in [4.78, 5) is 27.8. The summed E-state index contributed by atoms with van der Waals surface area (Å²) in [6, 6.07) is 14.0. The lowest BCUT2D eigenvalue weighted by atomic mass is 9.97. The van der Waals surface area contributed by atoms with E-state index >= 15 is 0 Å². The van der Waals surface area contributed by atoms with Gasteiger partial charge in [-0.05, 0) is 49.6 Å². The standard InChI is InChI=1S/C28H33N3O7S/c1-28(2,3)38-27(33)29-14-23(19-7-5-4-6-8-19)26(32)30-15-20-17-31(18-21(20)16-30)39(34,35)22-9-10-24-25(13-22)37-12-11-36-24/h4-10,13,23H,11-12,14-18H2,1-3H3,(H,29,33)/t23-/m1/s1. The Hall–Kier alpha value is -3.57. The molecule has 0 aromatic heterocycles. The van der Waals surface area contributed by atoms with Gasteiger partial charge in [-0.15, -0.1) is 0 Å². The van der Waals surface area contributed by atoms with Gasteiger partial charge in [-0.2, -0.15) is 4.31 Å². The smallest absolute Gasteiger partial charge is 0.407 e. The van der Waals surface area contributed by atoms with Gasteiger partial charge >= 0.3 is 6.09 Å². The van der Waals surface area contributed by atoms with Crippen molar-refractivity contribution in [1.29, 1.82) is 0 Å². The van der Waals surface area contributed by atoms with Crippen LogP contribution in [0.4, 0.5) is 4.79 Å². The van der Waals surface area contributed by atoms with Gasteiger partial charge in [-0.3, -0.25) is 4.79 Å². The van der Waals surface area contributed by atoms with Crippen molar-refractivity contribution in [2.45, 2.75) is 37.2 Å². The van der Waals surface area contributed by atoms with Crippen LogP contribution in [-0.4, -0.2) is 81.2 Å². The molecule has 208 valence electrons. The van der Waals surface area contributed by atoms with Crippen LogP contribution >= 0.6 is 0 Å². The number of nitrogens with one attached hydrogen (secondary N) is 1. The Labute approximate surface area is 228 Å². The summed E-state index contributed by atoms with van der Waals surface area (Å²) in [7, 11) is -3.75. The molecule has 2 aromatic carbocycles. The normalized spacial score (nSPS) is 18.1. The summed E-state index contributed by atoms with van der Waals surface area (Å²) in [6.45, 7) is 7.36. The van der Waals surface area contributed by atoms with Gasteiger partial charge in [-0.25, -0.2) is 13.2 Å². The minimum absolute atomic E-state index is 0.0869. The Morgan fingerprint density at radius 3 is 2.23 bits per heavy atom. The number of carbonyl (C=O) groups is 2. The third-order valence-corrected chi connectivity index (χ3v) is 8.60. The second-order valence-corrected chi connectivity index (χ2v) is 12.8. The van der Waals surface area contributed by atoms with E-state index in [0.29, 0.717) is 37.8 Å². The number of fused-ring (bicyclic) bond motifs is 1. The number of alkyl carbamates (subject to hydrolysis) is 1. The Bertz CT molecular complexity index is 1380. The molecule has 3 aliphatic heterocycles. The highest BCUT2D eigenvalue weighted by Gasteiger charge is 2.39. The Balaban J connectivity index is 1.24. The zero-order chi connectivity index (χ0) is 27.8. The molecule has 11 heteroatoms. The summed E-state index contributed by atoms with van der Waals surface area (Å²) in [6.07, 6.45) is -0.585. The number of ether oxygens (including phenoxy) is 3. The van der Waals surface area contributed by atoms with Crippen molar-refractivity contribution in [3.8, 4) is 11.5 Å². The van der Waals surface area contributed by atoms with Crippen LogP contribution in [-0.2, 0) is 19.6 Å². The van der Waals surface area contributed by atoms with E-state index in [2.05, 4.69) is 5.32 Å². The van der Waals surface area contributed by atoms with Gasteiger partial charge in [0.2, 0.25) is 15.9 Å². The van der Waals surface area contributed by atoms with Crippen LogP contribution in [0.2, 0.25) is 0 Å². The summed E-state index contributed by atoms with van der Waals surface area (Å²) in [5, 5.41) is 2.73. The molecule has 0 radical (unpaired) electrons. The number of sulfonamides is 1. The lowest BCUT2D eigenvalue weighted by Crippen LogP contribution is -2.42. The van der Waals surface area contributed by atoms with Crippen LogP contribution in [0.3, 0.4) is 0 Å². The monoisotopic (exact) mass is 555 g/mol. The molecule has 0 aliphatic carbocycles. The fraction of sp³-hybridized carbons (Fsp3) is 0.429. The van der Waals surface area contributed by atoms with Crippen LogP contribution in [0.1, 0.15) is 32.3 Å². The number of hydrogen-bond donors (Lipinski definition) is 1. The Morgan fingerprint density at radius 1 is 0.949 bits per heavy atom. The molecule has 10 nitrogen and oxygen atoms in total. The molecule has 0 saturated heterocycles. The molecule has 1 N–H and O–H groups in total. The quantitative estimate of drug-likeness (QED) is 0.545. The number of rotatable bonds is 6. The van der Waals surface area contributed by atoms with E-state index in [-0.39, 0.29) is 30.4 Å². The zero-order valence-corrected chi connectivity index (χ0v) is 23.1. The number of nitrogens with zero attached hydrogens (tertiary/aromatic N) is 2. The molecule has 39 heavy (non-hydrogen) atoms. The molecule has 2 aromatic rings. The highest BCUT2D eigenvalue weighted by atomic mass is 32.2. The minimum Gasteiger partial charge on any atom is -0.486 e. The fourth-order valence-electron chi connectivity index (χ4n) is 4.96. The maximum atomic E-state index is 13.7. The van der Waals surface area contributed by atoms with Crippen molar-refractivity contribution in [1.82, 2.24) is 14.5 Å². The van der Waals surface area contributed by atoms with Crippen molar-refractivity contribution >= 4 is 22.0 Å². The topological polar surface area (TPSA) is 114 Å². The predicted octanol–water partition coefficient (Wildman–Crippen LogP) is 2.91. The molecule has 5 rings (SSSR count). The number of hydrogen-bond acceptors (Lipinski definition) is 7. The minimum atomic E-state index is -3.75. The fourth-order valence-corrected chi connectivity index (χ4v) is 6.40. The molecule has 3 heterocycles. The molecule has 0 fully saturated rings. The first kappa shape index (κ1) is 27.0. The maximum absolute atomic E-state index is 13.7. The van der Waals surface area contributed by atoms with Crippen molar-refractivity contribution < 1.29 is 32.2 Å². The lowest BCUT2D eigenvalue weighted by Gasteiger charge is -2.27. The van der Waals surface area contributed by atoms with E-state index in [4.69, 9.17) is 14.2 Å². The van der Waals surface area contributed by atoms with E-state index in [9.17, 15) is 18.0 Å². The van der Waals surface area contributed by atoms with Gasteiger partial charge in [0.25, 0.3) is 0 Å². The second-order valence-electron chi connectivity index (χ2n) is 10.8. The summed E-state index contributed by atoms with van der Waals surface area (Å²) >= 11 is 0. The first-order valence-electron chi connectivity index (χ1n) is 12.9. The third kappa shape index (κ3) is 5.89. The van der Waals surface area contributed by atoms with Gasteiger partial charge < -0.3 is 24.4 Å². The van der Waals surface area contributed by atoms with E-state index in [1.807, 2.05) is 30.3 Å². The molecule has 3 aliphatic rings. The van der Waals surface area contributed by atoms with Crippen LogP contribution in [0.25, 0.3) is 0 Å². The molecule has 0 unspecified atom stereocenters. The van der Waals surface area contributed by atoms with Gasteiger partial charge in [-0.1, -0.05) is 30.3 Å². The average molecular weight is 556 g/mol. The van der Waals surface area contributed by atoms with Crippen molar-refractivity contribution in [2.24, 2.45) is 0 Å². The van der Waals surface area contributed by atoms with Gasteiger partial charge in [0.1, 0.15) is 18.8 Å². The molecular formula is C28H33N3O7S. The molecule has 0 saturated carbocycles. The maximum Gasteiger partial charge on any atom is 0.407 e. The Morgan fingerprint density at radius 2 is 1.59 bits per heavy atom. The highest BCUT2D eigenvalue weighted by Crippen LogP contribution is 2.36. The van der Waals surface area contributed by atoms with Gasteiger partial charge in [0.05, 0.1) is 10.8 Å². The molecule has 2 amide bonds.